The number of hydrogen-bond acceptors (Lipinski definition) is 3. The monoisotopic (exact) mass is 287 g/mol. The maximum atomic E-state index is 9.84. The molecule has 2 aromatic carbocycles. The van der Waals surface area contributed by atoms with Gasteiger partial charge >= 0.3 is 0 Å². The minimum atomic E-state index is -0.0568. The van der Waals surface area contributed by atoms with Crippen molar-refractivity contribution in [3.63, 3.8) is 0 Å². The summed E-state index contributed by atoms with van der Waals surface area (Å²) in [7, 11) is 2.09. The van der Waals surface area contributed by atoms with Crippen LogP contribution in [0.5, 0.6) is 11.5 Å². The highest BCUT2D eigenvalue weighted by Crippen LogP contribution is 2.36. The Kier molecular flexibility index (Phi) is 4.94. The predicted octanol–water partition coefficient (Wildman–Crippen LogP) is 4.44. The molecule has 0 aliphatic rings. The van der Waals surface area contributed by atoms with Crippen LogP contribution in [-0.2, 0) is 6.42 Å². The molecule has 0 aliphatic carbocycles. The van der Waals surface area contributed by atoms with Gasteiger partial charge in [0.1, 0.15) is 0 Å². The molecule has 2 N–H and O–H groups in total. The highest BCUT2D eigenvalue weighted by Gasteiger charge is 2.12. The van der Waals surface area contributed by atoms with Crippen LogP contribution < -0.4 is 4.90 Å². The molecule has 0 atom stereocenters. The lowest BCUT2D eigenvalue weighted by Crippen LogP contribution is -2.17. The number of nitrogens with zero attached hydrogens (tertiary/aromatic N) is 1. The van der Waals surface area contributed by atoms with E-state index in [-0.39, 0.29) is 11.5 Å². The van der Waals surface area contributed by atoms with Gasteiger partial charge in [0.05, 0.1) is 0 Å². The van der Waals surface area contributed by atoms with Crippen molar-refractivity contribution in [3.05, 3.63) is 29.8 Å². The second-order valence-corrected chi connectivity index (χ2v) is 5.60. The van der Waals surface area contributed by atoms with Crippen molar-refractivity contribution in [1.29, 1.82) is 0 Å². The largest absolute Gasteiger partial charge is 0.504 e. The van der Waals surface area contributed by atoms with Gasteiger partial charge in [0.15, 0.2) is 11.5 Å². The Morgan fingerprint density at radius 1 is 1.00 bits per heavy atom. The lowest BCUT2D eigenvalue weighted by Gasteiger charge is -2.22. The summed E-state index contributed by atoms with van der Waals surface area (Å²) in [5.41, 5.74) is 2.48. The molecule has 3 heteroatoms. The van der Waals surface area contributed by atoms with Crippen LogP contribution in [0.1, 0.15) is 38.7 Å². The van der Waals surface area contributed by atoms with E-state index in [2.05, 4.69) is 31.9 Å². The van der Waals surface area contributed by atoms with Crippen molar-refractivity contribution < 1.29 is 10.2 Å². The number of phenols is 2. The van der Waals surface area contributed by atoms with Gasteiger partial charge < -0.3 is 15.1 Å². The Hall–Kier alpha value is -1.90. The highest BCUT2D eigenvalue weighted by molar-refractivity contribution is 5.92. The number of aromatic hydroxyl groups is 2. The van der Waals surface area contributed by atoms with Gasteiger partial charge in [0.25, 0.3) is 0 Å². The fourth-order valence-electron chi connectivity index (χ4n) is 2.74. The van der Waals surface area contributed by atoms with Crippen molar-refractivity contribution in [1.82, 2.24) is 0 Å². The van der Waals surface area contributed by atoms with Crippen molar-refractivity contribution in [2.75, 3.05) is 18.5 Å². The van der Waals surface area contributed by atoms with Crippen LogP contribution >= 0.6 is 0 Å². The van der Waals surface area contributed by atoms with Crippen LogP contribution in [0.2, 0.25) is 0 Å². The number of benzene rings is 2. The lowest BCUT2D eigenvalue weighted by atomic mass is 9.96. The van der Waals surface area contributed by atoms with Crippen molar-refractivity contribution in [2.45, 2.75) is 39.5 Å². The summed E-state index contributed by atoms with van der Waals surface area (Å²) in [4.78, 5) is 2.23. The van der Waals surface area contributed by atoms with E-state index in [4.69, 9.17) is 0 Å². The number of aryl methyl sites for hydroxylation is 1. The van der Waals surface area contributed by atoms with E-state index < -0.39 is 0 Å². The zero-order chi connectivity index (χ0) is 15.4. The maximum Gasteiger partial charge on any atom is 0.158 e. The van der Waals surface area contributed by atoms with Gasteiger partial charge in [-0.15, -0.1) is 0 Å². The molecule has 0 heterocycles. The van der Waals surface area contributed by atoms with Gasteiger partial charge in [0, 0.05) is 19.3 Å². The fourth-order valence-corrected chi connectivity index (χ4v) is 2.74. The molecule has 0 aromatic heterocycles. The quantitative estimate of drug-likeness (QED) is 0.610. The van der Waals surface area contributed by atoms with Crippen LogP contribution in [0.15, 0.2) is 24.3 Å². The summed E-state index contributed by atoms with van der Waals surface area (Å²) in [6.07, 6.45) is 4.53. The first-order valence-corrected chi connectivity index (χ1v) is 7.77. The number of unbranched alkanes of at least 4 members (excludes halogenated alkanes) is 2. The van der Waals surface area contributed by atoms with E-state index in [0.717, 1.165) is 30.2 Å². The standard InChI is InChI=1S/C18H25NO2/c1-4-6-7-8-14-15-12-18(21)17(20)11-13(15)9-10-16(14)19(3)5-2/h9-12,20-21H,4-8H2,1-3H3. The predicted molar refractivity (Wildman–Crippen MR) is 89.5 cm³/mol. The molecular formula is C18H25NO2. The summed E-state index contributed by atoms with van der Waals surface area (Å²) in [6, 6.07) is 7.46. The minimum Gasteiger partial charge on any atom is -0.504 e. The molecule has 21 heavy (non-hydrogen) atoms. The Balaban J connectivity index is 2.56. The number of rotatable bonds is 6. The van der Waals surface area contributed by atoms with Crippen molar-refractivity contribution in [3.8, 4) is 11.5 Å². The molecule has 0 unspecified atom stereocenters. The molecule has 0 saturated heterocycles. The molecule has 0 amide bonds. The first-order chi connectivity index (χ1) is 10.1. The van der Waals surface area contributed by atoms with Gasteiger partial charge in [-0.05, 0) is 54.3 Å². The van der Waals surface area contributed by atoms with Gasteiger partial charge in [-0.3, -0.25) is 0 Å². The second kappa shape index (κ2) is 6.70. The average Bonchev–Trinajstić information content (AvgIpc) is 2.48. The van der Waals surface area contributed by atoms with E-state index in [1.165, 1.54) is 24.1 Å². The molecule has 2 aromatic rings. The van der Waals surface area contributed by atoms with Crippen LogP contribution in [-0.4, -0.2) is 23.8 Å². The average molecular weight is 287 g/mol. The Labute approximate surface area is 126 Å². The smallest absolute Gasteiger partial charge is 0.158 e. The van der Waals surface area contributed by atoms with Gasteiger partial charge in [-0.1, -0.05) is 25.8 Å². The summed E-state index contributed by atoms with van der Waals surface area (Å²) >= 11 is 0. The highest BCUT2D eigenvalue weighted by atomic mass is 16.3. The second-order valence-electron chi connectivity index (χ2n) is 5.60. The molecule has 0 spiro atoms. The van der Waals surface area contributed by atoms with Crippen molar-refractivity contribution >= 4 is 16.5 Å². The van der Waals surface area contributed by atoms with E-state index >= 15 is 0 Å². The van der Waals surface area contributed by atoms with Crippen LogP contribution in [0, 0.1) is 0 Å². The topological polar surface area (TPSA) is 43.7 Å². The van der Waals surface area contributed by atoms with E-state index in [1.807, 2.05) is 6.07 Å². The summed E-state index contributed by atoms with van der Waals surface area (Å²) in [5, 5.41) is 21.5. The third-order valence-corrected chi connectivity index (χ3v) is 4.12. The van der Waals surface area contributed by atoms with Gasteiger partial charge in [-0.2, -0.15) is 0 Å². The minimum absolute atomic E-state index is 0.0458. The molecule has 0 aliphatic heterocycles. The lowest BCUT2D eigenvalue weighted by molar-refractivity contribution is 0.405. The number of fused-ring (bicyclic) bond motifs is 1. The van der Waals surface area contributed by atoms with E-state index in [1.54, 1.807) is 12.1 Å². The van der Waals surface area contributed by atoms with Crippen LogP contribution in [0.3, 0.4) is 0 Å². The van der Waals surface area contributed by atoms with Crippen molar-refractivity contribution in [2.24, 2.45) is 0 Å². The molecular weight excluding hydrogens is 262 g/mol. The summed E-state index contributed by atoms with van der Waals surface area (Å²) < 4.78 is 0. The first kappa shape index (κ1) is 15.5. The molecule has 2 rings (SSSR count). The zero-order valence-electron chi connectivity index (χ0n) is 13.2. The van der Waals surface area contributed by atoms with E-state index in [9.17, 15) is 10.2 Å². The van der Waals surface area contributed by atoms with E-state index in [0.29, 0.717) is 0 Å². The SMILES string of the molecule is CCCCCc1c(N(C)CC)ccc2cc(O)c(O)cc12. The third kappa shape index (κ3) is 3.23. The molecule has 0 bridgehead atoms. The first-order valence-electron chi connectivity index (χ1n) is 7.77. The third-order valence-electron chi connectivity index (χ3n) is 4.12. The van der Waals surface area contributed by atoms with Crippen LogP contribution in [0.25, 0.3) is 10.8 Å². The van der Waals surface area contributed by atoms with Crippen LogP contribution in [0.4, 0.5) is 5.69 Å². The molecule has 0 saturated carbocycles. The Bertz CT molecular complexity index is 622. The number of hydrogen-bond donors (Lipinski definition) is 2. The Morgan fingerprint density at radius 3 is 2.38 bits per heavy atom. The summed E-state index contributed by atoms with van der Waals surface area (Å²) in [6.45, 7) is 5.27. The maximum absolute atomic E-state index is 9.84. The molecule has 3 nitrogen and oxygen atoms in total. The fraction of sp³-hybridized carbons (Fsp3) is 0.444. The molecule has 0 radical (unpaired) electrons. The van der Waals surface area contributed by atoms with Gasteiger partial charge in [0.2, 0.25) is 0 Å². The number of phenolic OH excluding ortho intramolecular Hbond substituents is 2. The van der Waals surface area contributed by atoms with Gasteiger partial charge in [-0.25, -0.2) is 0 Å². The Morgan fingerprint density at radius 2 is 1.71 bits per heavy atom. The zero-order valence-corrected chi connectivity index (χ0v) is 13.2. The normalized spacial score (nSPS) is 11.0. The molecule has 114 valence electrons. The number of anilines is 1. The molecule has 0 fully saturated rings. The summed E-state index contributed by atoms with van der Waals surface area (Å²) in [5.74, 6) is -0.103.